The van der Waals surface area contributed by atoms with Crippen LogP contribution in [0.15, 0.2) is 36.5 Å². The monoisotopic (exact) mass is 1040 g/mol. The molecule has 1 saturated heterocycles. The van der Waals surface area contributed by atoms with Crippen LogP contribution in [0.25, 0.3) is 0 Å². The molecule has 0 aromatic heterocycles. The second-order valence-corrected chi connectivity index (χ2v) is 21.8. The molecule has 0 aliphatic carbocycles. The SMILES string of the molecule is CCCCCCCCCC/C=C/CC/C=C/CC/C=C/CCCC(O)C(O)C(COC1OC(CO)C(O)C(O)C1O)NC(=O)C(O)CCCCCCCCCCCCCCCCCCCCCCCCCCC. The first kappa shape index (κ1) is 69.3. The molecule has 0 radical (unpaired) electrons. The van der Waals surface area contributed by atoms with Gasteiger partial charge in [-0.1, -0.05) is 256 Å². The minimum absolute atomic E-state index is 0.243. The average Bonchev–Trinajstić information content (AvgIpc) is 3.39. The van der Waals surface area contributed by atoms with Gasteiger partial charge in [0.1, 0.15) is 36.6 Å². The van der Waals surface area contributed by atoms with Gasteiger partial charge < -0.3 is 50.5 Å². The van der Waals surface area contributed by atoms with Crippen molar-refractivity contribution >= 4 is 5.91 Å². The van der Waals surface area contributed by atoms with Crippen molar-refractivity contribution in [2.75, 3.05) is 13.2 Å². The summed E-state index contributed by atoms with van der Waals surface area (Å²) in [6.07, 6.45) is 52.1. The summed E-state index contributed by atoms with van der Waals surface area (Å²) in [6.45, 7) is 3.46. The third-order valence-electron chi connectivity index (χ3n) is 14.9. The van der Waals surface area contributed by atoms with Gasteiger partial charge in [0, 0.05) is 0 Å². The number of ether oxygens (including phenoxy) is 2. The molecule has 9 unspecified atom stereocenters. The molecule has 1 rings (SSSR count). The Kier molecular flexibility index (Phi) is 48.5. The third-order valence-corrected chi connectivity index (χ3v) is 14.9. The third kappa shape index (κ3) is 39.4. The Labute approximate surface area is 447 Å². The van der Waals surface area contributed by atoms with E-state index in [2.05, 4.69) is 55.6 Å². The number of nitrogens with one attached hydrogen (secondary N) is 1. The van der Waals surface area contributed by atoms with E-state index in [0.29, 0.717) is 19.3 Å². The predicted octanol–water partition coefficient (Wildman–Crippen LogP) is 13.5. The van der Waals surface area contributed by atoms with Crippen molar-refractivity contribution in [3.8, 4) is 0 Å². The smallest absolute Gasteiger partial charge is 0.249 e. The molecule has 1 fully saturated rings. The molecule has 11 nitrogen and oxygen atoms in total. The topological polar surface area (TPSA) is 189 Å². The summed E-state index contributed by atoms with van der Waals surface area (Å²) in [5.74, 6) is -0.708. The van der Waals surface area contributed by atoms with E-state index in [1.807, 2.05) is 0 Å². The van der Waals surface area contributed by atoms with Gasteiger partial charge in [-0.25, -0.2) is 0 Å². The molecule has 8 N–H and O–H groups in total. The van der Waals surface area contributed by atoms with Gasteiger partial charge in [0.2, 0.25) is 5.91 Å². The Morgan fingerprint density at radius 3 is 1.22 bits per heavy atom. The van der Waals surface area contributed by atoms with Gasteiger partial charge in [-0.15, -0.1) is 0 Å². The Hall–Kier alpha value is -1.67. The van der Waals surface area contributed by atoms with Gasteiger partial charge in [0.15, 0.2) is 6.29 Å². The number of rotatable bonds is 53. The molecule has 0 spiro atoms. The Balaban J connectivity index is 2.30. The van der Waals surface area contributed by atoms with Gasteiger partial charge in [-0.05, 0) is 64.2 Å². The second kappa shape index (κ2) is 51.1. The molecule has 1 heterocycles. The Morgan fingerprint density at radius 1 is 0.466 bits per heavy atom. The largest absolute Gasteiger partial charge is 0.394 e. The number of aliphatic hydroxyl groups is 7. The number of aliphatic hydroxyl groups excluding tert-OH is 7. The Bertz CT molecular complexity index is 1280. The molecule has 0 bridgehead atoms. The molecule has 430 valence electrons. The average molecular weight is 1040 g/mol. The highest BCUT2D eigenvalue weighted by molar-refractivity contribution is 5.80. The van der Waals surface area contributed by atoms with Gasteiger partial charge in [0.05, 0.1) is 25.4 Å². The molecular weight excluding hydrogens is 919 g/mol. The molecule has 1 aliphatic rings. The second-order valence-electron chi connectivity index (χ2n) is 21.8. The fraction of sp³-hybridized carbons (Fsp3) is 0.887. The summed E-state index contributed by atoms with van der Waals surface area (Å²) < 4.78 is 11.1. The summed E-state index contributed by atoms with van der Waals surface area (Å²) in [4.78, 5) is 13.2. The van der Waals surface area contributed by atoms with Crippen molar-refractivity contribution in [1.29, 1.82) is 0 Å². The van der Waals surface area contributed by atoms with E-state index >= 15 is 0 Å². The zero-order valence-electron chi connectivity index (χ0n) is 47.1. The molecule has 0 saturated carbocycles. The highest BCUT2D eigenvalue weighted by atomic mass is 16.7. The molecule has 0 aromatic carbocycles. The van der Waals surface area contributed by atoms with E-state index in [1.165, 1.54) is 193 Å². The molecule has 1 amide bonds. The number of unbranched alkanes of at least 4 members (excludes halogenated alkanes) is 35. The van der Waals surface area contributed by atoms with E-state index in [1.54, 1.807) is 0 Å². The zero-order valence-corrected chi connectivity index (χ0v) is 47.1. The van der Waals surface area contributed by atoms with E-state index in [0.717, 1.165) is 44.9 Å². The summed E-state index contributed by atoms with van der Waals surface area (Å²) >= 11 is 0. The molecule has 11 heteroatoms. The van der Waals surface area contributed by atoms with Crippen molar-refractivity contribution in [3.05, 3.63) is 36.5 Å². The van der Waals surface area contributed by atoms with Crippen LogP contribution in [0.3, 0.4) is 0 Å². The molecule has 0 aromatic rings. The van der Waals surface area contributed by atoms with E-state index < -0.39 is 74.2 Å². The van der Waals surface area contributed by atoms with Crippen LogP contribution in [0.5, 0.6) is 0 Å². The van der Waals surface area contributed by atoms with Crippen LogP contribution < -0.4 is 5.32 Å². The number of amides is 1. The summed E-state index contributed by atoms with van der Waals surface area (Å²) in [5.41, 5.74) is 0. The summed E-state index contributed by atoms with van der Waals surface area (Å²) in [7, 11) is 0. The molecule has 73 heavy (non-hydrogen) atoms. The first-order chi connectivity index (χ1) is 35.7. The van der Waals surface area contributed by atoms with Crippen LogP contribution in [0.1, 0.15) is 284 Å². The predicted molar refractivity (Wildman–Crippen MR) is 302 cm³/mol. The summed E-state index contributed by atoms with van der Waals surface area (Å²) in [5, 5.41) is 76.2. The van der Waals surface area contributed by atoms with Crippen molar-refractivity contribution in [3.63, 3.8) is 0 Å². The molecule has 9 atom stereocenters. The first-order valence-corrected chi connectivity index (χ1v) is 30.9. The van der Waals surface area contributed by atoms with Gasteiger partial charge >= 0.3 is 0 Å². The molecule has 1 aliphatic heterocycles. The van der Waals surface area contributed by atoms with Crippen LogP contribution in [-0.4, -0.2) is 110 Å². The lowest BCUT2D eigenvalue weighted by Gasteiger charge is -2.40. The maximum absolute atomic E-state index is 13.2. The lowest BCUT2D eigenvalue weighted by Crippen LogP contribution is -2.60. The van der Waals surface area contributed by atoms with Crippen molar-refractivity contribution in [1.82, 2.24) is 5.32 Å². The lowest BCUT2D eigenvalue weighted by atomic mass is 9.98. The minimum Gasteiger partial charge on any atom is -0.394 e. The maximum atomic E-state index is 13.2. The van der Waals surface area contributed by atoms with Crippen LogP contribution in [0.2, 0.25) is 0 Å². The lowest BCUT2D eigenvalue weighted by molar-refractivity contribution is -0.303. The van der Waals surface area contributed by atoms with Gasteiger partial charge in [0.25, 0.3) is 0 Å². The molecular formula is C62H117NO10. The van der Waals surface area contributed by atoms with Crippen LogP contribution >= 0.6 is 0 Å². The van der Waals surface area contributed by atoms with E-state index in [4.69, 9.17) is 9.47 Å². The van der Waals surface area contributed by atoms with Gasteiger partial charge in [-0.3, -0.25) is 4.79 Å². The quantitative estimate of drug-likeness (QED) is 0.0215. The normalized spacial score (nSPS) is 20.2. The fourth-order valence-electron chi connectivity index (χ4n) is 9.89. The van der Waals surface area contributed by atoms with E-state index in [9.17, 15) is 40.5 Å². The zero-order chi connectivity index (χ0) is 53.3. The van der Waals surface area contributed by atoms with Crippen molar-refractivity contribution in [2.45, 2.75) is 339 Å². The number of allylic oxidation sites excluding steroid dienone is 6. The highest BCUT2D eigenvalue weighted by Crippen LogP contribution is 2.23. The van der Waals surface area contributed by atoms with E-state index in [-0.39, 0.29) is 12.8 Å². The van der Waals surface area contributed by atoms with Gasteiger partial charge in [-0.2, -0.15) is 0 Å². The number of hydrogen-bond donors (Lipinski definition) is 8. The number of carbonyl (C=O) groups excluding carboxylic acids is 1. The van der Waals surface area contributed by atoms with Crippen molar-refractivity contribution in [2.24, 2.45) is 0 Å². The first-order valence-electron chi connectivity index (χ1n) is 30.9. The standard InChI is InChI=1S/C62H117NO10/c1-3-5-7-9-11-13-15-17-19-21-23-25-26-27-28-30-32-34-36-38-40-42-44-46-48-50-55(66)61(71)63-53(52-72-62-60(70)59(69)58(68)56(51-64)73-62)57(67)54(65)49-47-45-43-41-39-37-35-33-31-29-24-22-20-18-16-14-12-10-8-6-4-2/h22,24,33,35,41,43,53-60,62,64-70H,3-21,23,25-32,34,36-40,42,44-52H2,1-2H3,(H,63,71)/b24-22+,35-33+,43-41+. The van der Waals surface area contributed by atoms with Crippen LogP contribution in [0.4, 0.5) is 0 Å². The van der Waals surface area contributed by atoms with Crippen LogP contribution in [-0.2, 0) is 14.3 Å². The number of hydrogen-bond acceptors (Lipinski definition) is 10. The maximum Gasteiger partial charge on any atom is 0.249 e. The number of carbonyl (C=O) groups is 1. The Morgan fingerprint density at radius 2 is 0.822 bits per heavy atom. The minimum atomic E-state index is -1.67. The summed E-state index contributed by atoms with van der Waals surface area (Å²) in [6, 6.07) is -1.19. The highest BCUT2D eigenvalue weighted by Gasteiger charge is 2.44. The fourth-order valence-corrected chi connectivity index (χ4v) is 9.89. The van der Waals surface area contributed by atoms with Crippen molar-refractivity contribution < 1.29 is 50.0 Å². The van der Waals surface area contributed by atoms with Crippen LogP contribution in [0, 0.1) is 0 Å².